The quantitative estimate of drug-likeness (QED) is 0.666. The molecule has 0 aromatic heterocycles. The van der Waals surface area contributed by atoms with Gasteiger partial charge in [0.25, 0.3) is 0 Å². The van der Waals surface area contributed by atoms with Crippen molar-refractivity contribution in [1.82, 2.24) is 0 Å². The summed E-state index contributed by atoms with van der Waals surface area (Å²) in [6.07, 6.45) is -0.0205. The Morgan fingerprint density at radius 1 is 0.682 bits per heavy atom. The van der Waals surface area contributed by atoms with Crippen molar-refractivity contribution in [3.05, 3.63) is 0 Å². The van der Waals surface area contributed by atoms with E-state index in [1.165, 1.54) is 0 Å². The first kappa shape index (κ1) is 20.5. The second-order valence-corrected chi connectivity index (χ2v) is 22.6. The molecule has 2 unspecified atom stereocenters. The van der Waals surface area contributed by atoms with Gasteiger partial charge in [0, 0.05) is 0 Å². The van der Waals surface area contributed by atoms with Crippen molar-refractivity contribution in [3.8, 4) is 0 Å². The van der Waals surface area contributed by atoms with E-state index in [0.29, 0.717) is 6.61 Å². The molecule has 0 aliphatic carbocycles. The van der Waals surface area contributed by atoms with Gasteiger partial charge < -0.3 is 18.0 Å². The Labute approximate surface area is 140 Å². The molecule has 22 heavy (non-hydrogen) atoms. The summed E-state index contributed by atoms with van der Waals surface area (Å²) in [6.45, 7) is 22.7. The average molecular weight is 365 g/mol. The van der Waals surface area contributed by atoms with Gasteiger partial charge in [0.05, 0.1) is 31.0 Å². The van der Waals surface area contributed by atoms with Gasteiger partial charge in [-0.25, -0.2) is 0 Å². The van der Waals surface area contributed by atoms with Gasteiger partial charge in [-0.3, -0.25) is 0 Å². The van der Waals surface area contributed by atoms with Gasteiger partial charge in [0.2, 0.25) is 0 Å². The van der Waals surface area contributed by atoms with Gasteiger partial charge in [-0.15, -0.1) is 0 Å². The fraction of sp³-hybridized carbons (Fsp3) is 1.00. The van der Waals surface area contributed by atoms with E-state index in [1.807, 2.05) is 0 Å². The summed E-state index contributed by atoms with van der Waals surface area (Å²) in [5.41, 5.74) is 0. The monoisotopic (exact) mass is 364 g/mol. The van der Waals surface area contributed by atoms with Crippen LogP contribution in [0.2, 0.25) is 58.9 Å². The third kappa shape index (κ3) is 7.37. The molecular weight excluding hydrogens is 328 g/mol. The summed E-state index contributed by atoms with van der Waals surface area (Å²) in [5, 5.41) is 0. The van der Waals surface area contributed by atoms with E-state index in [9.17, 15) is 0 Å². The van der Waals surface area contributed by atoms with Crippen LogP contribution in [0.1, 0.15) is 6.92 Å². The predicted molar refractivity (Wildman–Crippen MR) is 100 cm³/mol. The van der Waals surface area contributed by atoms with Crippen LogP contribution in [0.4, 0.5) is 0 Å². The number of rotatable bonds is 6. The Morgan fingerprint density at radius 2 is 1.09 bits per heavy atom. The van der Waals surface area contributed by atoms with Crippen molar-refractivity contribution in [2.24, 2.45) is 0 Å². The zero-order valence-electron chi connectivity index (χ0n) is 16.1. The highest BCUT2D eigenvalue weighted by atomic mass is 28.4. The second kappa shape index (κ2) is 7.16. The molecule has 132 valence electrons. The van der Waals surface area contributed by atoms with Crippen molar-refractivity contribution in [2.45, 2.75) is 90.3 Å². The third-order valence-corrected chi connectivity index (χ3v) is 6.13. The van der Waals surface area contributed by atoms with Crippen LogP contribution in [-0.4, -0.2) is 56.0 Å². The minimum Gasteiger partial charge on any atom is -0.410 e. The van der Waals surface area contributed by atoms with E-state index in [-0.39, 0.29) is 24.4 Å². The second-order valence-electron chi connectivity index (χ2n) is 9.20. The van der Waals surface area contributed by atoms with Crippen LogP contribution < -0.4 is 0 Å². The van der Waals surface area contributed by atoms with Gasteiger partial charge in [-0.1, -0.05) is 0 Å². The van der Waals surface area contributed by atoms with Crippen LogP contribution in [0, 0.1) is 0 Å². The summed E-state index contributed by atoms with van der Waals surface area (Å²) in [7, 11) is -5.03. The lowest BCUT2D eigenvalue weighted by atomic mass is 10.0. The van der Waals surface area contributed by atoms with E-state index in [1.54, 1.807) is 0 Å². The van der Waals surface area contributed by atoms with Crippen LogP contribution in [-0.2, 0) is 18.0 Å². The van der Waals surface area contributed by atoms with Crippen LogP contribution in [0.15, 0.2) is 0 Å². The minimum atomic E-state index is -1.69. The predicted octanol–water partition coefficient (Wildman–Crippen LogP) is 4.07. The molecule has 0 spiro atoms. The lowest BCUT2D eigenvalue weighted by Gasteiger charge is -2.47. The van der Waals surface area contributed by atoms with E-state index in [2.05, 4.69) is 65.8 Å². The minimum absolute atomic E-state index is 0.0176. The Balaban J connectivity index is 3.01. The summed E-state index contributed by atoms with van der Waals surface area (Å²) in [5.74, 6) is 0. The highest BCUT2D eigenvalue weighted by Crippen LogP contribution is 2.29. The SMILES string of the molecule is CC1OC[C@@H](O[Si](C)(C)C)C(O[Si](C)(C)C)[C@@H]1O[Si](C)(C)C. The maximum Gasteiger partial charge on any atom is 0.184 e. The lowest BCUT2D eigenvalue weighted by Crippen LogP contribution is -2.61. The molecule has 0 saturated carbocycles. The fourth-order valence-corrected chi connectivity index (χ4v) is 5.95. The summed E-state index contributed by atoms with van der Waals surface area (Å²) >= 11 is 0. The molecule has 0 radical (unpaired) electrons. The zero-order valence-corrected chi connectivity index (χ0v) is 19.1. The van der Waals surface area contributed by atoms with Gasteiger partial charge in [0.1, 0.15) is 0 Å². The van der Waals surface area contributed by atoms with Gasteiger partial charge in [-0.05, 0) is 65.8 Å². The molecule has 0 bridgehead atoms. The zero-order chi connectivity index (χ0) is 17.3. The van der Waals surface area contributed by atoms with Crippen LogP contribution in [0.25, 0.3) is 0 Å². The Morgan fingerprint density at radius 3 is 1.50 bits per heavy atom. The van der Waals surface area contributed by atoms with Gasteiger partial charge in [-0.2, -0.15) is 0 Å². The normalized spacial score (nSPS) is 31.4. The van der Waals surface area contributed by atoms with Crippen molar-refractivity contribution < 1.29 is 18.0 Å². The maximum atomic E-state index is 6.52. The number of hydrogen-bond donors (Lipinski definition) is 0. The van der Waals surface area contributed by atoms with Gasteiger partial charge in [0.15, 0.2) is 25.0 Å². The molecule has 0 aromatic rings. The van der Waals surface area contributed by atoms with E-state index in [4.69, 9.17) is 18.0 Å². The topological polar surface area (TPSA) is 36.9 Å². The number of hydrogen-bond acceptors (Lipinski definition) is 4. The van der Waals surface area contributed by atoms with E-state index < -0.39 is 25.0 Å². The lowest BCUT2D eigenvalue weighted by molar-refractivity contribution is -0.164. The molecule has 1 aliphatic heterocycles. The summed E-state index contributed by atoms with van der Waals surface area (Å²) in [6, 6.07) is 0. The third-order valence-electron chi connectivity index (χ3n) is 3.16. The van der Waals surface area contributed by atoms with Gasteiger partial charge >= 0.3 is 0 Å². The van der Waals surface area contributed by atoms with E-state index >= 15 is 0 Å². The van der Waals surface area contributed by atoms with Crippen LogP contribution in [0.3, 0.4) is 0 Å². The first-order valence-electron chi connectivity index (χ1n) is 8.33. The molecule has 1 aliphatic rings. The molecule has 1 rings (SSSR count). The smallest absolute Gasteiger partial charge is 0.184 e. The summed E-state index contributed by atoms with van der Waals surface area (Å²) in [4.78, 5) is 0. The van der Waals surface area contributed by atoms with Crippen molar-refractivity contribution >= 4 is 25.0 Å². The number of ether oxygens (including phenoxy) is 1. The van der Waals surface area contributed by atoms with Crippen molar-refractivity contribution in [2.75, 3.05) is 6.61 Å². The molecule has 0 N–H and O–H groups in total. The van der Waals surface area contributed by atoms with Crippen molar-refractivity contribution in [3.63, 3.8) is 0 Å². The Bertz CT molecular complexity index is 357. The molecule has 1 fully saturated rings. The fourth-order valence-electron chi connectivity index (χ4n) is 2.59. The highest BCUT2D eigenvalue weighted by Gasteiger charge is 2.45. The Kier molecular flexibility index (Phi) is 6.69. The summed E-state index contributed by atoms with van der Waals surface area (Å²) < 4.78 is 25.3. The van der Waals surface area contributed by atoms with Crippen LogP contribution >= 0.6 is 0 Å². The molecule has 4 nitrogen and oxygen atoms in total. The largest absolute Gasteiger partial charge is 0.410 e. The van der Waals surface area contributed by atoms with E-state index in [0.717, 1.165) is 0 Å². The van der Waals surface area contributed by atoms with Crippen molar-refractivity contribution in [1.29, 1.82) is 0 Å². The molecule has 1 heterocycles. The highest BCUT2D eigenvalue weighted by molar-refractivity contribution is 6.70. The molecule has 7 heteroatoms. The molecule has 1 saturated heterocycles. The Hall–Kier alpha value is 0.491. The maximum absolute atomic E-state index is 6.52. The first-order valence-corrected chi connectivity index (χ1v) is 18.6. The van der Waals surface area contributed by atoms with Crippen LogP contribution in [0.5, 0.6) is 0 Å². The average Bonchev–Trinajstić information content (AvgIpc) is 2.22. The molecule has 0 amide bonds. The molecular formula is C15H36O4Si3. The molecule has 0 aromatic carbocycles. The first-order chi connectivity index (χ1) is 9.68. The molecule has 4 atom stereocenters. The standard InChI is InChI=1S/C15H36O4Si3/c1-12-14(18-21(5,6)7)15(19-22(8,9)10)13(11-16-12)17-20(2,3)4/h12-15H,11H2,1-10H3/t12?,13-,14-,15?/m1/s1.